The lowest BCUT2D eigenvalue weighted by Crippen LogP contribution is -2.15. The van der Waals surface area contributed by atoms with Crippen LogP contribution < -0.4 is 10.6 Å². The van der Waals surface area contributed by atoms with E-state index in [0.29, 0.717) is 23.4 Å². The number of benzene rings is 3. The van der Waals surface area contributed by atoms with Gasteiger partial charge in [0.1, 0.15) is 5.82 Å². The predicted octanol–water partition coefficient (Wildman–Crippen LogP) is 5.22. The molecular weight excluding hydrogens is 343 g/mol. The van der Waals surface area contributed by atoms with E-state index in [9.17, 15) is 14.0 Å². The molecule has 0 aromatic heterocycles. The molecule has 0 saturated carbocycles. The van der Waals surface area contributed by atoms with E-state index in [1.54, 1.807) is 12.1 Å². The molecule has 0 atom stereocenters. The molecule has 0 spiro atoms. The van der Waals surface area contributed by atoms with Crippen molar-refractivity contribution in [1.82, 2.24) is 0 Å². The summed E-state index contributed by atoms with van der Waals surface area (Å²) in [5.74, 6) is -0.487. The Bertz CT molecular complexity index is 981. The quantitative estimate of drug-likeness (QED) is 0.652. The minimum absolute atomic E-state index is 0.0433. The Hall–Kier alpha value is -3.21. The van der Waals surface area contributed by atoms with Crippen LogP contribution in [-0.2, 0) is 4.79 Å². The molecule has 0 saturated heterocycles. The zero-order valence-corrected chi connectivity index (χ0v) is 15.3. The minimum Gasteiger partial charge on any atom is -0.326 e. The molecule has 0 bridgehead atoms. The summed E-state index contributed by atoms with van der Waals surface area (Å²) in [5.41, 5.74) is 1.70. The minimum atomic E-state index is -0.390. The van der Waals surface area contributed by atoms with Crippen molar-refractivity contribution in [3.8, 4) is 0 Å². The van der Waals surface area contributed by atoms with Gasteiger partial charge in [-0.1, -0.05) is 38.1 Å². The Morgan fingerprint density at radius 1 is 0.852 bits per heavy atom. The number of hydrogen-bond acceptors (Lipinski definition) is 2. The molecule has 27 heavy (non-hydrogen) atoms. The van der Waals surface area contributed by atoms with Crippen LogP contribution in [0.5, 0.6) is 0 Å². The summed E-state index contributed by atoms with van der Waals surface area (Å²) in [7, 11) is 0. The number of amides is 2. The van der Waals surface area contributed by atoms with Crippen LogP contribution in [0.4, 0.5) is 15.8 Å². The summed E-state index contributed by atoms with van der Waals surface area (Å²) in [6, 6.07) is 16.4. The highest BCUT2D eigenvalue weighted by Gasteiger charge is 2.12. The van der Waals surface area contributed by atoms with Crippen molar-refractivity contribution in [1.29, 1.82) is 0 Å². The number of hydrogen-bond donors (Lipinski definition) is 2. The zero-order valence-electron chi connectivity index (χ0n) is 15.3. The van der Waals surface area contributed by atoms with Crippen molar-refractivity contribution < 1.29 is 14.0 Å². The highest BCUT2D eigenvalue weighted by Crippen LogP contribution is 2.30. The highest BCUT2D eigenvalue weighted by molar-refractivity contribution is 6.12. The topological polar surface area (TPSA) is 58.2 Å². The van der Waals surface area contributed by atoms with Crippen LogP contribution in [0.25, 0.3) is 10.8 Å². The monoisotopic (exact) mass is 364 g/mol. The van der Waals surface area contributed by atoms with Crippen LogP contribution in [0, 0.1) is 11.7 Å². The maximum Gasteiger partial charge on any atom is 0.255 e. The highest BCUT2D eigenvalue weighted by atomic mass is 19.1. The van der Waals surface area contributed by atoms with Gasteiger partial charge in [0.15, 0.2) is 0 Å². The van der Waals surface area contributed by atoms with Crippen molar-refractivity contribution in [3.05, 3.63) is 72.0 Å². The maximum atomic E-state index is 13.0. The Morgan fingerprint density at radius 2 is 1.41 bits per heavy atom. The SMILES string of the molecule is CC(C)CC(=O)Nc1ccc(NC(=O)c2ccc(F)cc2)c2ccccc12. The fraction of sp³-hybridized carbons (Fsp3) is 0.182. The Morgan fingerprint density at radius 3 is 1.96 bits per heavy atom. The average molecular weight is 364 g/mol. The van der Waals surface area contributed by atoms with E-state index >= 15 is 0 Å². The first-order valence-corrected chi connectivity index (χ1v) is 8.82. The molecule has 138 valence electrons. The van der Waals surface area contributed by atoms with Crippen molar-refractivity contribution in [2.75, 3.05) is 10.6 Å². The first kappa shape index (κ1) is 18.6. The number of carbonyl (C=O) groups is 2. The van der Waals surface area contributed by atoms with Crippen molar-refractivity contribution in [2.24, 2.45) is 5.92 Å². The van der Waals surface area contributed by atoms with Gasteiger partial charge in [0.25, 0.3) is 5.91 Å². The van der Waals surface area contributed by atoms with Crippen LogP contribution in [-0.4, -0.2) is 11.8 Å². The molecule has 0 heterocycles. The van der Waals surface area contributed by atoms with Crippen molar-refractivity contribution in [3.63, 3.8) is 0 Å². The number of halogens is 1. The van der Waals surface area contributed by atoms with E-state index in [1.165, 1.54) is 24.3 Å². The Kier molecular flexibility index (Phi) is 5.50. The second kappa shape index (κ2) is 7.99. The summed E-state index contributed by atoms with van der Waals surface area (Å²) < 4.78 is 13.0. The standard InChI is InChI=1S/C22H21FN2O2/c1-14(2)13-21(26)24-19-11-12-20(18-6-4-3-5-17(18)19)25-22(27)15-7-9-16(23)10-8-15/h3-12,14H,13H2,1-2H3,(H,24,26)(H,25,27). The number of nitrogens with one attached hydrogen (secondary N) is 2. The number of fused-ring (bicyclic) bond motifs is 1. The first-order chi connectivity index (χ1) is 12.9. The number of carbonyl (C=O) groups excluding carboxylic acids is 2. The molecule has 0 aliphatic heterocycles. The van der Waals surface area contributed by atoms with Crippen molar-refractivity contribution in [2.45, 2.75) is 20.3 Å². The second-order valence-electron chi connectivity index (χ2n) is 6.81. The molecular formula is C22H21FN2O2. The van der Waals surface area contributed by atoms with Gasteiger partial charge < -0.3 is 10.6 Å². The van der Waals surface area contributed by atoms with Gasteiger partial charge in [0, 0.05) is 34.1 Å². The normalized spacial score (nSPS) is 10.8. The van der Waals surface area contributed by atoms with Gasteiger partial charge in [-0.15, -0.1) is 0 Å². The third kappa shape index (κ3) is 4.50. The van der Waals surface area contributed by atoms with E-state index < -0.39 is 5.82 Å². The van der Waals surface area contributed by atoms with Crippen LogP contribution >= 0.6 is 0 Å². The van der Waals surface area contributed by atoms with Gasteiger partial charge in [-0.05, 0) is 42.3 Å². The van der Waals surface area contributed by atoms with E-state index in [-0.39, 0.29) is 17.7 Å². The lowest BCUT2D eigenvalue weighted by Gasteiger charge is -2.14. The first-order valence-electron chi connectivity index (χ1n) is 8.82. The average Bonchev–Trinajstić information content (AvgIpc) is 2.63. The largest absolute Gasteiger partial charge is 0.326 e. The summed E-state index contributed by atoms with van der Waals surface area (Å²) in [6.45, 7) is 3.98. The second-order valence-corrected chi connectivity index (χ2v) is 6.81. The predicted molar refractivity (Wildman–Crippen MR) is 106 cm³/mol. The summed E-state index contributed by atoms with van der Waals surface area (Å²) in [5, 5.41) is 7.46. The van der Waals surface area contributed by atoms with E-state index in [4.69, 9.17) is 0 Å². The van der Waals surface area contributed by atoms with Crippen LogP contribution in [0.15, 0.2) is 60.7 Å². The molecule has 0 aliphatic rings. The molecule has 3 rings (SSSR count). The van der Waals surface area contributed by atoms with Gasteiger partial charge >= 0.3 is 0 Å². The molecule has 2 amide bonds. The van der Waals surface area contributed by atoms with Gasteiger partial charge in [-0.25, -0.2) is 4.39 Å². The Balaban J connectivity index is 1.89. The van der Waals surface area contributed by atoms with E-state index in [0.717, 1.165) is 10.8 Å². The summed E-state index contributed by atoms with van der Waals surface area (Å²) in [6.07, 6.45) is 0.442. The maximum absolute atomic E-state index is 13.0. The van der Waals surface area contributed by atoms with Gasteiger partial charge in [-0.3, -0.25) is 9.59 Å². The molecule has 5 heteroatoms. The van der Waals surface area contributed by atoms with E-state index in [2.05, 4.69) is 10.6 Å². The molecule has 0 fully saturated rings. The number of rotatable bonds is 5. The van der Waals surface area contributed by atoms with E-state index in [1.807, 2.05) is 38.1 Å². The summed E-state index contributed by atoms with van der Waals surface area (Å²) in [4.78, 5) is 24.6. The lowest BCUT2D eigenvalue weighted by atomic mass is 10.1. The van der Waals surface area contributed by atoms with Gasteiger partial charge in [0.2, 0.25) is 5.91 Å². The van der Waals surface area contributed by atoms with Crippen LogP contribution in [0.1, 0.15) is 30.6 Å². The number of anilines is 2. The fourth-order valence-electron chi connectivity index (χ4n) is 2.88. The van der Waals surface area contributed by atoms with Gasteiger partial charge in [-0.2, -0.15) is 0 Å². The molecule has 3 aromatic rings. The lowest BCUT2D eigenvalue weighted by molar-refractivity contribution is -0.116. The van der Waals surface area contributed by atoms with Gasteiger partial charge in [0.05, 0.1) is 0 Å². The van der Waals surface area contributed by atoms with Crippen molar-refractivity contribution >= 4 is 34.0 Å². The third-order valence-corrected chi connectivity index (χ3v) is 4.15. The third-order valence-electron chi connectivity index (χ3n) is 4.15. The zero-order chi connectivity index (χ0) is 19.4. The fourth-order valence-corrected chi connectivity index (χ4v) is 2.88. The van der Waals surface area contributed by atoms with Crippen LogP contribution in [0.3, 0.4) is 0 Å². The smallest absolute Gasteiger partial charge is 0.255 e. The molecule has 2 N–H and O–H groups in total. The molecule has 0 radical (unpaired) electrons. The van der Waals surface area contributed by atoms with Crippen LogP contribution in [0.2, 0.25) is 0 Å². The molecule has 0 aliphatic carbocycles. The molecule has 4 nitrogen and oxygen atoms in total. The Labute approximate surface area is 157 Å². The summed E-state index contributed by atoms with van der Waals surface area (Å²) >= 11 is 0. The molecule has 0 unspecified atom stereocenters. The molecule has 3 aromatic carbocycles.